The predicted octanol–water partition coefficient (Wildman–Crippen LogP) is 5.42. The lowest BCUT2D eigenvalue weighted by atomic mass is 9.83. The van der Waals surface area contributed by atoms with Crippen LogP contribution in [-0.2, 0) is 16.0 Å². The van der Waals surface area contributed by atoms with Crippen LogP contribution in [-0.4, -0.2) is 22.3 Å². The minimum atomic E-state index is -0.422. The third-order valence-corrected chi connectivity index (χ3v) is 7.23. The monoisotopic (exact) mass is 477 g/mol. The molecule has 2 N–H and O–H groups in total. The summed E-state index contributed by atoms with van der Waals surface area (Å²) in [4.78, 5) is 29.7. The number of hydrogen-bond acceptors (Lipinski definition) is 3. The van der Waals surface area contributed by atoms with Gasteiger partial charge < -0.3 is 10.6 Å². The van der Waals surface area contributed by atoms with Gasteiger partial charge in [0, 0.05) is 30.8 Å². The number of fused-ring (bicyclic) bond motifs is 1. The summed E-state index contributed by atoms with van der Waals surface area (Å²) in [6.07, 6.45) is 6.34. The van der Waals surface area contributed by atoms with Crippen molar-refractivity contribution in [3.8, 4) is 0 Å². The van der Waals surface area contributed by atoms with Crippen molar-refractivity contribution >= 4 is 22.6 Å². The van der Waals surface area contributed by atoms with Gasteiger partial charge in [0.05, 0.1) is 6.04 Å². The summed E-state index contributed by atoms with van der Waals surface area (Å²) in [5, 5.41) is 8.85. The van der Waals surface area contributed by atoms with Gasteiger partial charge >= 0.3 is 0 Å². The van der Waals surface area contributed by atoms with Crippen LogP contribution in [0.2, 0.25) is 0 Å². The Bertz CT molecular complexity index is 1360. The van der Waals surface area contributed by atoms with Crippen molar-refractivity contribution in [1.82, 2.24) is 15.6 Å². The highest BCUT2D eigenvalue weighted by Gasteiger charge is 2.38. The van der Waals surface area contributed by atoms with Crippen molar-refractivity contribution in [2.75, 3.05) is 0 Å². The standard InChI is InChI=1S/C31H31N3O2/c1-22-9-11-24(12-10-22)30(25-15-19-32-20-16-25)33-28(35)13-17-31(18-14-29(36)34-31)21-26-7-4-6-23-5-2-3-8-27(23)26/h2-12,15-16,19-20,30H,13-14,17-18,21H2,1H3,(H,33,35)(H,34,36)/t30-,31+/m1/s1. The molecule has 5 heteroatoms. The predicted molar refractivity (Wildman–Crippen MR) is 142 cm³/mol. The zero-order chi connectivity index (χ0) is 25.0. The van der Waals surface area contributed by atoms with E-state index in [2.05, 4.69) is 77.1 Å². The Morgan fingerprint density at radius 1 is 0.972 bits per heavy atom. The van der Waals surface area contributed by atoms with Gasteiger partial charge in [-0.1, -0.05) is 72.3 Å². The first-order chi connectivity index (χ1) is 17.5. The highest BCUT2D eigenvalue weighted by molar-refractivity contribution is 5.86. The topological polar surface area (TPSA) is 71.1 Å². The molecule has 0 saturated carbocycles. The molecule has 2 heterocycles. The van der Waals surface area contributed by atoms with Crippen molar-refractivity contribution in [3.63, 3.8) is 0 Å². The van der Waals surface area contributed by atoms with Crippen LogP contribution in [0.3, 0.4) is 0 Å². The molecule has 4 aromatic rings. The van der Waals surface area contributed by atoms with Crippen LogP contribution in [0.15, 0.2) is 91.3 Å². The number of nitrogens with one attached hydrogen (secondary N) is 2. The number of amides is 2. The van der Waals surface area contributed by atoms with Gasteiger partial charge in [0.2, 0.25) is 11.8 Å². The largest absolute Gasteiger partial charge is 0.350 e. The van der Waals surface area contributed by atoms with Crippen LogP contribution in [0.25, 0.3) is 10.8 Å². The maximum Gasteiger partial charge on any atom is 0.220 e. The summed E-state index contributed by atoms with van der Waals surface area (Å²) in [6, 6.07) is 26.5. The lowest BCUT2D eigenvalue weighted by Crippen LogP contribution is -2.44. The van der Waals surface area contributed by atoms with E-state index in [-0.39, 0.29) is 17.9 Å². The number of nitrogens with zero attached hydrogens (tertiary/aromatic N) is 1. The van der Waals surface area contributed by atoms with Crippen molar-refractivity contribution in [2.24, 2.45) is 0 Å². The summed E-state index contributed by atoms with van der Waals surface area (Å²) < 4.78 is 0. The van der Waals surface area contributed by atoms with Crippen LogP contribution in [0.5, 0.6) is 0 Å². The first kappa shape index (κ1) is 23.7. The van der Waals surface area contributed by atoms with Gasteiger partial charge in [-0.2, -0.15) is 0 Å². The van der Waals surface area contributed by atoms with Crippen molar-refractivity contribution in [1.29, 1.82) is 0 Å². The van der Waals surface area contributed by atoms with Gasteiger partial charge in [0.15, 0.2) is 0 Å². The first-order valence-electron chi connectivity index (χ1n) is 12.5. The number of aromatic nitrogens is 1. The lowest BCUT2D eigenvalue weighted by molar-refractivity contribution is -0.123. The number of carbonyl (C=O) groups excluding carboxylic acids is 2. The van der Waals surface area contributed by atoms with Gasteiger partial charge in [-0.3, -0.25) is 14.6 Å². The second-order valence-electron chi connectivity index (χ2n) is 9.84. The van der Waals surface area contributed by atoms with Crippen molar-refractivity contribution < 1.29 is 9.59 Å². The Hall–Kier alpha value is -3.99. The van der Waals surface area contributed by atoms with Crippen LogP contribution < -0.4 is 10.6 Å². The number of carbonyl (C=O) groups is 2. The molecule has 182 valence electrons. The molecule has 2 amide bonds. The Morgan fingerprint density at radius 2 is 1.69 bits per heavy atom. The molecule has 5 rings (SSSR count). The van der Waals surface area contributed by atoms with E-state index in [4.69, 9.17) is 0 Å². The summed E-state index contributed by atoms with van der Waals surface area (Å²) >= 11 is 0. The normalized spacial score (nSPS) is 18.1. The van der Waals surface area contributed by atoms with Crippen LogP contribution in [0.4, 0.5) is 0 Å². The van der Waals surface area contributed by atoms with Gasteiger partial charge in [-0.05, 0) is 65.8 Å². The highest BCUT2D eigenvalue weighted by atomic mass is 16.2. The molecule has 0 spiro atoms. The average Bonchev–Trinajstić information content (AvgIpc) is 3.28. The van der Waals surface area contributed by atoms with E-state index < -0.39 is 5.54 Å². The fourth-order valence-electron chi connectivity index (χ4n) is 5.25. The third-order valence-electron chi connectivity index (χ3n) is 7.23. The molecule has 1 aliphatic rings. The van der Waals surface area contributed by atoms with E-state index in [1.807, 2.05) is 24.3 Å². The SMILES string of the molecule is Cc1ccc([C@@H](NC(=O)CC[C@@]2(Cc3cccc4ccccc34)CCC(=O)N2)c2ccncc2)cc1. The zero-order valence-corrected chi connectivity index (χ0v) is 20.5. The Kier molecular flexibility index (Phi) is 6.81. The van der Waals surface area contributed by atoms with Crippen LogP contribution >= 0.6 is 0 Å². The van der Waals surface area contributed by atoms with E-state index in [1.54, 1.807) is 12.4 Å². The summed E-state index contributed by atoms with van der Waals surface area (Å²) in [5.74, 6) is 0.0285. The summed E-state index contributed by atoms with van der Waals surface area (Å²) in [6.45, 7) is 2.05. The summed E-state index contributed by atoms with van der Waals surface area (Å²) in [7, 11) is 0. The minimum absolute atomic E-state index is 0.0316. The second-order valence-corrected chi connectivity index (χ2v) is 9.84. The van der Waals surface area contributed by atoms with E-state index in [0.29, 0.717) is 25.7 Å². The fourth-order valence-corrected chi connectivity index (χ4v) is 5.25. The Morgan fingerprint density at radius 3 is 2.44 bits per heavy atom. The van der Waals surface area contributed by atoms with Gasteiger partial charge in [-0.15, -0.1) is 0 Å². The number of pyridine rings is 1. The average molecular weight is 478 g/mol. The molecule has 0 unspecified atom stereocenters. The third kappa shape index (κ3) is 5.30. The molecule has 1 aliphatic heterocycles. The second kappa shape index (κ2) is 10.3. The number of aryl methyl sites for hydroxylation is 1. The van der Waals surface area contributed by atoms with Crippen LogP contribution in [0, 0.1) is 6.92 Å². The van der Waals surface area contributed by atoms with Gasteiger partial charge in [0.25, 0.3) is 0 Å². The highest BCUT2D eigenvalue weighted by Crippen LogP contribution is 2.32. The number of hydrogen-bond donors (Lipinski definition) is 2. The molecular formula is C31H31N3O2. The molecule has 0 aliphatic carbocycles. The maximum absolute atomic E-state index is 13.3. The molecule has 1 saturated heterocycles. The Balaban J connectivity index is 1.34. The molecule has 0 radical (unpaired) electrons. The fraction of sp³-hybridized carbons (Fsp3) is 0.258. The van der Waals surface area contributed by atoms with E-state index in [0.717, 1.165) is 17.5 Å². The number of rotatable bonds is 8. The molecule has 36 heavy (non-hydrogen) atoms. The summed E-state index contributed by atoms with van der Waals surface area (Å²) in [5.41, 5.74) is 3.96. The Labute approximate surface area is 212 Å². The van der Waals surface area contributed by atoms with E-state index in [1.165, 1.54) is 21.9 Å². The molecule has 0 bridgehead atoms. The molecule has 1 aromatic heterocycles. The minimum Gasteiger partial charge on any atom is -0.350 e. The van der Waals surface area contributed by atoms with E-state index >= 15 is 0 Å². The van der Waals surface area contributed by atoms with Crippen molar-refractivity contribution in [3.05, 3.63) is 114 Å². The molecule has 5 nitrogen and oxygen atoms in total. The molecule has 2 atom stereocenters. The first-order valence-corrected chi connectivity index (χ1v) is 12.5. The van der Waals surface area contributed by atoms with Gasteiger partial charge in [-0.25, -0.2) is 0 Å². The molecule has 3 aromatic carbocycles. The zero-order valence-electron chi connectivity index (χ0n) is 20.5. The lowest BCUT2D eigenvalue weighted by Gasteiger charge is -2.30. The van der Waals surface area contributed by atoms with Crippen molar-refractivity contribution in [2.45, 2.75) is 50.6 Å². The quantitative estimate of drug-likeness (QED) is 0.356. The van der Waals surface area contributed by atoms with E-state index in [9.17, 15) is 9.59 Å². The molecule has 1 fully saturated rings. The maximum atomic E-state index is 13.3. The van der Waals surface area contributed by atoms with Crippen LogP contribution in [0.1, 0.15) is 54.0 Å². The molecular weight excluding hydrogens is 446 g/mol. The van der Waals surface area contributed by atoms with Gasteiger partial charge in [0.1, 0.15) is 0 Å². The number of benzene rings is 3. The smallest absolute Gasteiger partial charge is 0.220 e.